The van der Waals surface area contributed by atoms with Gasteiger partial charge in [-0.2, -0.15) is 0 Å². The van der Waals surface area contributed by atoms with Gasteiger partial charge in [0.25, 0.3) is 0 Å². The highest BCUT2D eigenvalue weighted by Crippen LogP contribution is 2.15. The third-order valence-corrected chi connectivity index (χ3v) is 2.44. The Kier molecular flexibility index (Phi) is 2.95. The van der Waals surface area contributed by atoms with E-state index in [0.717, 1.165) is 5.69 Å². The minimum atomic E-state index is -0.378. The fourth-order valence-corrected chi connectivity index (χ4v) is 1.71. The second-order valence-corrected chi connectivity index (χ2v) is 3.85. The Morgan fingerprint density at radius 2 is 2.24 bits per heavy atom. The second kappa shape index (κ2) is 4.40. The van der Waals surface area contributed by atoms with Gasteiger partial charge in [0.1, 0.15) is 12.3 Å². The molecule has 2 heterocycles. The molecule has 17 heavy (non-hydrogen) atoms. The summed E-state index contributed by atoms with van der Waals surface area (Å²) in [6.45, 7) is 2.23. The molecular weight excluding hydrogens is 222 g/mol. The van der Waals surface area contributed by atoms with Crippen LogP contribution in [-0.4, -0.2) is 35.5 Å². The zero-order chi connectivity index (χ0) is 12.4. The predicted molar refractivity (Wildman–Crippen MR) is 59.5 cm³/mol. The average molecular weight is 235 g/mol. The van der Waals surface area contributed by atoms with Gasteiger partial charge in [0.2, 0.25) is 5.91 Å². The maximum atomic E-state index is 11.4. The molecule has 0 aromatic carbocycles. The standard InChI is InChI=1S/C11H13N3O3/c1-7-3-9(17-2)4-8(12-7)5-14-6-10(15)13-11(14)16/h3-4H,5-6H2,1-2H3,(H,13,15,16). The Hall–Kier alpha value is -2.11. The summed E-state index contributed by atoms with van der Waals surface area (Å²) in [6.07, 6.45) is 0. The van der Waals surface area contributed by atoms with Gasteiger partial charge >= 0.3 is 6.03 Å². The minimum absolute atomic E-state index is 0.0801. The molecule has 1 aliphatic rings. The van der Waals surface area contributed by atoms with Crippen LogP contribution in [-0.2, 0) is 11.3 Å². The van der Waals surface area contributed by atoms with Crippen LogP contribution in [0.5, 0.6) is 5.75 Å². The topological polar surface area (TPSA) is 71.5 Å². The van der Waals surface area contributed by atoms with Crippen molar-refractivity contribution in [3.63, 3.8) is 0 Å². The van der Waals surface area contributed by atoms with Gasteiger partial charge in [0.15, 0.2) is 0 Å². The average Bonchev–Trinajstić information content (AvgIpc) is 2.56. The van der Waals surface area contributed by atoms with Crippen LogP contribution in [0.15, 0.2) is 12.1 Å². The fourth-order valence-electron chi connectivity index (χ4n) is 1.71. The molecule has 0 atom stereocenters. The number of imide groups is 1. The van der Waals surface area contributed by atoms with Crippen molar-refractivity contribution in [3.8, 4) is 5.75 Å². The van der Waals surface area contributed by atoms with E-state index in [1.54, 1.807) is 19.2 Å². The number of nitrogens with one attached hydrogen (secondary N) is 1. The van der Waals surface area contributed by atoms with Gasteiger partial charge in [-0.3, -0.25) is 15.1 Å². The Morgan fingerprint density at radius 3 is 2.82 bits per heavy atom. The van der Waals surface area contributed by atoms with E-state index in [4.69, 9.17) is 4.74 Å². The molecule has 0 unspecified atom stereocenters. The number of hydrogen-bond acceptors (Lipinski definition) is 4. The van der Waals surface area contributed by atoms with Gasteiger partial charge in [0.05, 0.1) is 19.3 Å². The number of aryl methyl sites for hydroxylation is 1. The van der Waals surface area contributed by atoms with E-state index in [1.165, 1.54) is 4.90 Å². The number of methoxy groups -OCH3 is 1. The lowest BCUT2D eigenvalue weighted by molar-refractivity contribution is -0.118. The third kappa shape index (κ3) is 2.52. The lowest BCUT2D eigenvalue weighted by Gasteiger charge is -2.13. The van der Waals surface area contributed by atoms with Crippen molar-refractivity contribution in [2.75, 3.05) is 13.7 Å². The Bertz CT molecular complexity index is 473. The summed E-state index contributed by atoms with van der Waals surface area (Å²) < 4.78 is 5.12. The first-order chi connectivity index (χ1) is 8.08. The molecule has 0 radical (unpaired) electrons. The first-order valence-electron chi connectivity index (χ1n) is 5.19. The first-order valence-corrected chi connectivity index (χ1v) is 5.19. The molecule has 1 saturated heterocycles. The number of carbonyl (C=O) groups is 2. The largest absolute Gasteiger partial charge is 0.497 e. The fraction of sp³-hybridized carbons (Fsp3) is 0.364. The Morgan fingerprint density at radius 1 is 1.47 bits per heavy atom. The molecule has 1 aromatic rings. The van der Waals surface area contributed by atoms with Gasteiger partial charge in [-0.15, -0.1) is 0 Å². The highest BCUT2D eigenvalue weighted by molar-refractivity contribution is 6.01. The predicted octanol–water partition coefficient (Wildman–Crippen LogP) is 0.450. The van der Waals surface area contributed by atoms with Crippen molar-refractivity contribution in [2.24, 2.45) is 0 Å². The minimum Gasteiger partial charge on any atom is -0.497 e. The van der Waals surface area contributed by atoms with Crippen LogP contribution in [0.3, 0.4) is 0 Å². The molecule has 0 bridgehead atoms. The van der Waals surface area contributed by atoms with Gasteiger partial charge in [0, 0.05) is 17.8 Å². The monoisotopic (exact) mass is 235 g/mol. The lowest BCUT2D eigenvalue weighted by atomic mass is 10.3. The number of aromatic nitrogens is 1. The zero-order valence-corrected chi connectivity index (χ0v) is 9.69. The molecule has 90 valence electrons. The number of urea groups is 1. The smallest absolute Gasteiger partial charge is 0.324 e. The number of amides is 3. The highest BCUT2D eigenvalue weighted by atomic mass is 16.5. The molecule has 2 rings (SSSR count). The molecule has 0 saturated carbocycles. The molecule has 1 aromatic heterocycles. The Balaban J connectivity index is 2.15. The van der Waals surface area contributed by atoms with E-state index in [2.05, 4.69) is 10.3 Å². The molecule has 1 aliphatic heterocycles. The summed E-state index contributed by atoms with van der Waals surface area (Å²) in [5.41, 5.74) is 1.51. The highest BCUT2D eigenvalue weighted by Gasteiger charge is 2.26. The number of rotatable bonds is 3. The van der Waals surface area contributed by atoms with E-state index in [0.29, 0.717) is 18.0 Å². The lowest BCUT2D eigenvalue weighted by Crippen LogP contribution is -2.28. The van der Waals surface area contributed by atoms with Crippen molar-refractivity contribution < 1.29 is 14.3 Å². The van der Waals surface area contributed by atoms with Crippen LogP contribution in [0.25, 0.3) is 0 Å². The van der Waals surface area contributed by atoms with Crippen LogP contribution < -0.4 is 10.1 Å². The van der Waals surface area contributed by atoms with Gasteiger partial charge in [-0.05, 0) is 6.92 Å². The van der Waals surface area contributed by atoms with E-state index in [9.17, 15) is 9.59 Å². The summed E-state index contributed by atoms with van der Waals surface area (Å²) >= 11 is 0. The quantitative estimate of drug-likeness (QED) is 0.772. The van der Waals surface area contributed by atoms with Crippen molar-refractivity contribution >= 4 is 11.9 Å². The number of pyridine rings is 1. The second-order valence-electron chi connectivity index (χ2n) is 3.85. The molecular formula is C11H13N3O3. The van der Waals surface area contributed by atoms with Crippen LogP contribution in [0.1, 0.15) is 11.4 Å². The number of nitrogens with zero attached hydrogens (tertiary/aromatic N) is 2. The number of carbonyl (C=O) groups excluding carboxylic acids is 2. The molecule has 1 fully saturated rings. The van der Waals surface area contributed by atoms with Crippen molar-refractivity contribution in [3.05, 3.63) is 23.5 Å². The maximum absolute atomic E-state index is 11.4. The SMILES string of the molecule is COc1cc(C)nc(CN2CC(=O)NC2=O)c1. The van der Waals surface area contributed by atoms with Crippen molar-refractivity contribution in [1.82, 2.24) is 15.2 Å². The molecule has 0 spiro atoms. The summed E-state index contributed by atoms with van der Waals surface area (Å²) in [5.74, 6) is 0.410. The van der Waals surface area contributed by atoms with Crippen LogP contribution in [0, 0.1) is 6.92 Å². The molecule has 3 amide bonds. The van der Waals surface area contributed by atoms with E-state index >= 15 is 0 Å². The zero-order valence-electron chi connectivity index (χ0n) is 9.69. The van der Waals surface area contributed by atoms with Gasteiger partial charge < -0.3 is 9.64 Å². The van der Waals surface area contributed by atoms with E-state index in [1.807, 2.05) is 6.92 Å². The molecule has 6 heteroatoms. The van der Waals surface area contributed by atoms with Gasteiger partial charge in [-0.25, -0.2) is 4.79 Å². The molecule has 6 nitrogen and oxygen atoms in total. The molecule has 0 aliphatic carbocycles. The molecule has 1 N–H and O–H groups in total. The third-order valence-electron chi connectivity index (χ3n) is 2.44. The first kappa shape index (κ1) is 11.4. The van der Waals surface area contributed by atoms with Crippen molar-refractivity contribution in [2.45, 2.75) is 13.5 Å². The summed E-state index contributed by atoms with van der Waals surface area (Å²) in [6, 6.07) is 3.18. The maximum Gasteiger partial charge on any atom is 0.324 e. The van der Waals surface area contributed by atoms with E-state index < -0.39 is 0 Å². The van der Waals surface area contributed by atoms with Crippen molar-refractivity contribution in [1.29, 1.82) is 0 Å². The summed E-state index contributed by atoms with van der Waals surface area (Å²) in [5, 5.41) is 2.22. The van der Waals surface area contributed by atoms with Crippen LogP contribution in [0.2, 0.25) is 0 Å². The van der Waals surface area contributed by atoms with E-state index in [-0.39, 0.29) is 18.5 Å². The van der Waals surface area contributed by atoms with Gasteiger partial charge in [-0.1, -0.05) is 0 Å². The number of ether oxygens (including phenoxy) is 1. The van der Waals surface area contributed by atoms with Crippen LogP contribution >= 0.6 is 0 Å². The number of hydrogen-bond donors (Lipinski definition) is 1. The summed E-state index contributed by atoms with van der Waals surface area (Å²) in [4.78, 5) is 28.1. The summed E-state index contributed by atoms with van der Waals surface area (Å²) in [7, 11) is 1.57. The Labute approximate surface area is 98.6 Å². The van der Waals surface area contributed by atoms with Crippen LogP contribution in [0.4, 0.5) is 4.79 Å². The normalized spacial score (nSPS) is 15.1.